The first kappa shape index (κ1) is 17.5. The summed E-state index contributed by atoms with van der Waals surface area (Å²) in [6, 6.07) is -0.518. The van der Waals surface area contributed by atoms with Crippen molar-refractivity contribution in [2.24, 2.45) is 0 Å². The number of rotatable bonds is 5. The second-order valence-corrected chi connectivity index (χ2v) is 7.81. The number of carbonyl (C=O) groups excluding carboxylic acids is 1. The lowest BCUT2D eigenvalue weighted by molar-refractivity contribution is 0.254. The lowest BCUT2D eigenvalue weighted by atomic mass is 10.1. The maximum Gasteiger partial charge on any atom is 0.323 e. The normalized spacial score (nSPS) is 14.9. The van der Waals surface area contributed by atoms with Crippen molar-refractivity contribution in [2.75, 3.05) is 11.9 Å². The zero-order chi connectivity index (χ0) is 17.0. The molecule has 126 valence electrons. The van der Waals surface area contributed by atoms with Crippen molar-refractivity contribution in [2.45, 2.75) is 30.9 Å². The Morgan fingerprint density at radius 2 is 2.13 bits per heavy atom. The predicted octanol–water partition coefficient (Wildman–Crippen LogP) is 2.50. The van der Waals surface area contributed by atoms with Crippen molar-refractivity contribution < 1.29 is 18.3 Å². The van der Waals surface area contributed by atoms with E-state index in [0.29, 0.717) is 0 Å². The molecular weight excluding hydrogens is 338 g/mol. The molecule has 0 fully saturated rings. The van der Waals surface area contributed by atoms with Gasteiger partial charge < -0.3 is 15.7 Å². The van der Waals surface area contributed by atoms with E-state index in [2.05, 4.69) is 15.4 Å². The van der Waals surface area contributed by atoms with E-state index in [1.54, 1.807) is 6.92 Å². The molecule has 0 unspecified atom stereocenters. The van der Waals surface area contributed by atoms with Gasteiger partial charge in [-0.25, -0.2) is 17.9 Å². The molecule has 23 heavy (non-hydrogen) atoms. The maximum absolute atomic E-state index is 12.0. The number of nitrogens with one attached hydrogen (secondary N) is 3. The van der Waals surface area contributed by atoms with E-state index in [0.717, 1.165) is 35.4 Å². The second kappa shape index (κ2) is 7.16. The van der Waals surface area contributed by atoms with Gasteiger partial charge in [-0.15, -0.1) is 11.3 Å². The first-order chi connectivity index (χ1) is 10.8. The van der Waals surface area contributed by atoms with Crippen molar-refractivity contribution >= 4 is 33.1 Å². The average Bonchev–Trinajstić information content (AvgIpc) is 2.83. The molecule has 0 bridgehead atoms. The van der Waals surface area contributed by atoms with Crippen molar-refractivity contribution in [3.8, 4) is 5.75 Å². The number of thiophene rings is 1. The summed E-state index contributed by atoms with van der Waals surface area (Å²) in [5.74, 6) is -0.458. The third kappa shape index (κ3) is 4.12. The van der Waals surface area contributed by atoms with Crippen LogP contribution in [0.3, 0.4) is 0 Å². The van der Waals surface area contributed by atoms with E-state index < -0.39 is 21.8 Å². The number of allylic oxidation sites excluding steroid dienone is 4. The van der Waals surface area contributed by atoms with Gasteiger partial charge in [0.2, 0.25) is 0 Å². The highest BCUT2D eigenvalue weighted by Gasteiger charge is 2.23. The fourth-order valence-corrected chi connectivity index (χ4v) is 4.43. The number of amides is 2. The molecule has 0 atom stereocenters. The molecule has 0 radical (unpaired) electrons. The lowest BCUT2D eigenvalue weighted by Gasteiger charge is -2.15. The summed E-state index contributed by atoms with van der Waals surface area (Å²) in [4.78, 5) is 12.0. The lowest BCUT2D eigenvalue weighted by Crippen LogP contribution is -2.29. The molecule has 2 rings (SSSR count). The minimum Gasteiger partial charge on any atom is -0.504 e. The topological polar surface area (TPSA) is 108 Å². The summed E-state index contributed by atoms with van der Waals surface area (Å²) >= 11 is 0.846. The van der Waals surface area contributed by atoms with Crippen LogP contribution in [0, 0.1) is 0 Å². The first-order valence-electron chi connectivity index (χ1n) is 7.09. The Hall–Kier alpha value is -1.84. The number of urea groups is 1. The van der Waals surface area contributed by atoms with Crippen LogP contribution >= 0.6 is 11.3 Å². The van der Waals surface area contributed by atoms with Crippen molar-refractivity contribution in [1.29, 1.82) is 0 Å². The number of hydrogen-bond donors (Lipinski definition) is 4. The minimum absolute atomic E-state index is 0.0635. The van der Waals surface area contributed by atoms with Crippen LogP contribution in [0.15, 0.2) is 33.0 Å². The third-order valence-electron chi connectivity index (χ3n) is 3.23. The van der Waals surface area contributed by atoms with Gasteiger partial charge >= 0.3 is 6.03 Å². The van der Waals surface area contributed by atoms with Gasteiger partial charge in [-0.1, -0.05) is 19.1 Å². The highest BCUT2D eigenvalue weighted by molar-refractivity contribution is 7.91. The third-order valence-corrected chi connectivity index (χ3v) is 6.29. The van der Waals surface area contributed by atoms with E-state index in [-0.39, 0.29) is 16.4 Å². The Bertz CT molecular complexity index is 763. The van der Waals surface area contributed by atoms with Gasteiger partial charge in [-0.3, -0.25) is 0 Å². The molecule has 0 aromatic carbocycles. The molecule has 1 aliphatic carbocycles. The smallest absolute Gasteiger partial charge is 0.323 e. The number of hydrogen-bond acceptors (Lipinski definition) is 5. The Morgan fingerprint density at radius 3 is 2.78 bits per heavy atom. The standard InChI is InChI=1S/C14H19N3O4S2/c1-3-15-23(20,21)13-12(18)11(8-22-13)17-14(19)16-10-7-5-4-6-9(10)2/h4,6,8,15,18H,3,5,7H2,1-2H3,(H2,16,17,19). The van der Waals surface area contributed by atoms with Gasteiger partial charge in [0.1, 0.15) is 0 Å². The summed E-state index contributed by atoms with van der Waals surface area (Å²) in [6.45, 7) is 3.75. The molecule has 7 nitrogen and oxygen atoms in total. The average molecular weight is 357 g/mol. The molecule has 1 aliphatic rings. The second-order valence-electron chi connectivity index (χ2n) is 4.97. The number of carbonyl (C=O) groups is 1. The Labute approximate surface area is 139 Å². The van der Waals surface area contributed by atoms with Crippen LogP contribution in [-0.4, -0.2) is 26.1 Å². The Morgan fingerprint density at radius 1 is 1.39 bits per heavy atom. The molecule has 1 aromatic rings. The van der Waals surface area contributed by atoms with Gasteiger partial charge in [0.15, 0.2) is 9.96 Å². The Balaban J connectivity index is 2.11. The highest BCUT2D eigenvalue weighted by Crippen LogP contribution is 2.37. The number of sulfonamides is 1. The fourth-order valence-electron chi connectivity index (χ4n) is 2.11. The van der Waals surface area contributed by atoms with Gasteiger partial charge in [0, 0.05) is 17.6 Å². The number of aromatic hydroxyl groups is 1. The van der Waals surface area contributed by atoms with E-state index in [4.69, 9.17) is 0 Å². The molecule has 0 saturated carbocycles. The van der Waals surface area contributed by atoms with E-state index in [1.807, 2.05) is 19.1 Å². The van der Waals surface area contributed by atoms with Crippen LogP contribution in [-0.2, 0) is 10.0 Å². The van der Waals surface area contributed by atoms with Crippen molar-refractivity contribution in [3.63, 3.8) is 0 Å². The molecule has 0 saturated heterocycles. The van der Waals surface area contributed by atoms with Gasteiger partial charge in [-0.2, -0.15) is 0 Å². The van der Waals surface area contributed by atoms with Crippen LogP contribution in [0.1, 0.15) is 26.7 Å². The number of anilines is 1. The van der Waals surface area contributed by atoms with Gasteiger partial charge in [-0.05, 0) is 25.3 Å². The summed E-state index contributed by atoms with van der Waals surface area (Å²) < 4.78 is 25.9. The van der Waals surface area contributed by atoms with Crippen LogP contribution in [0.25, 0.3) is 0 Å². The minimum atomic E-state index is -3.76. The quantitative estimate of drug-likeness (QED) is 0.649. The summed E-state index contributed by atoms with van der Waals surface area (Å²) in [5.41, 5.74) is 1.84. The highest BCUT2D eigenvalue weighted by atomic mass is 32.2. The predicted molar refractivity (Wildman–Crippen MR) is 90.1 cm³/mol. The van der Waals surface area contributed by atoms with Gasteiger partial charge in [0.05, 0.1) is 5.69 Å². The van der Waals surface area contributed by atoms with Crippen LogP contribution < -0.4 is 15.4 Å². The van der Waals surface area contributed by atoms with Crippen LogP contribution in [0.2, 0.25) is 0 Å². The molecule has 1 heterocycles. The zero-order valence-electron chi connectivity index (χ0n) is 12.8. The Kier molecular flexibility index (Phi) is 5.45. The zero-order valence-corrected chi connectivity index (χ0v) is 14.5. The molecule has 2 amide bonds. The van der Waals surface area contributed by atoms with E-state index in [9.17, 15) is 18.3 Å². The molecule has 9 heteroatoms. The summed E-state index contributed by atoms with van der Waals surface area (Å²) in [6.07, 6.45) is 5.54. The molecular formula is C14H19N3O4S2. The molecule has 0 spiro atoms. The van der Waals surface area contributed by atoms with E-state index >= 15 is 0 Å². The van der Waals surface area contributed by atoms with Crippen molar-refractivity contribution in [1.82, 2.24) is 10.0 Å². The molecule has 4 N–H and O–H groups in total. The van der Waals surface area contributed by atoms with E-state index in [1.165, 1.54) is 5.38 Å². The largest absolute Gasteiger partial charge is 0.504 e. The fraction of sp³-hybridized carbons (Fsp3) is 0.357. The molecule has 1 aromatic heterocycles. The van der Waals surface area contributed by atoms with Crippen LogP contribution in [0.4, 0.5) is 10.5 Å². The monoisotopic (exact) mass is 357 g/mol. The summed E-state index contributed by atoms with van der Waals surface area (Å²) in [7, 11) is -3.76. The van der Waals surface area contributed by atoms with Crippen molar-refractivity contribution in [3.05, 3.63) is 28.8 Å². The molecule has 0 aliphatic heterocycles. The summed E-state index contributed by atoms with van der Waals surface area (Å²) in [5, 5.41) is 16.6. The first-order valence-corrected chi connectivity index (χ1v) is 9.46. The van der Waals surface area contributed by atoms with Crippen LogP contribution in [0.5, 0.6) is 5.75 Å². The van der Waals surface area contributed by atoms with Gasteiger partial charge in [0.25, 0.3) is 10.0 Å². The SMILES string of the molecule is CCNS(=O)(=O)c1scc(NC(=O)NC2=C(C)C=CCC2)c1O. The maximum atomic E-state index is 12.0.